The van der Waals surface area contributed by atoms with Crippen LogP contribution in [0.25, 0.3) is 83.1 Å². The lowest BCUT2D eigenvalue weighted by Crippen LogP contribution is -2.33. The normalized spacial score (nSPS) is 12.8. The number of aromatic nitrogens is 1. The van der Waals surface area contributed by atoms with Gasteiger partial charge >= 0.3 is 0 Å². The van der Waals surface area contributed by atoms with Crippen LogP contribution in [0.4, 0.5) is 17.1 Å². The van der Waals surface area contributed by atoms with Crippen LogP contribution in [0, 0.1) is 0 Å². The van der Waals surface area contributed by atoms with Crippen molar-refractivity contribution in [2.45, 2.75) is 5.41 Å². The number of hydrogen-bond acceptors (Lipinski definition) is 1. The lowest BCUT2D eigenvalue weighted by molar-refractivity contribution is 0.748. The summed E-state index contributed by atoms with van der Waals surface area (Å²) < 4.78 is 2.54. The number of hydrogen-bond donors (Lipinski definition) is 0. The molecule has 12 aromatic rings. The van der Waals surface area contributed by atoms with Gasteiger partial charge in [-0.15, -0.1) is 0 Å². The molecule has 11 aromatic carbocycles. The lowest BCUT2D eigenvalue weighted by atomic mass is 9.65. The molecule has 0 bridgehead atoms. The summed E-state index contributed by atoms with van der Waals surface area (Å²) in [5.74, 6) is 0. The van der Waals surface area contributed by atoms with Gasteiger partial charge in [0.05, 0.1) is 33.5 Å². The minimum atomic E-state index is -0.590. The minimum absolute atomic E-state index is 0.590. The van der Waals surface area contributed by atoms with Gasteiger partial charge in [0.25, 0.3) is 0 Å². The van der Waals surface area contributed by atoms with Gasteiger partial charge in [-0.3, -0.25) is 0 Å². The van der Waals surface area contributed by atoms with E-state index in [-0.39, 0.29) is 0 Å². The largest absolute Gasteiger partial charge is 0.309 e. The Bertz CT molecular complexity index is 3770. The SMILES string of the molecule is c1ccc(-c2ccc(-c3ccccc3N(c3ccc4c(c3)C3(c5ccccc5-c5ccccc53)c3cccc5c6ccccc6n-4c35)c3ccccc3-c3ccc(-c4ccccc4)cc3)cc2)cc1. The Morgan fingerprint density at radius 2 is 0.725 bits per heavy atom. The standard InChI is InChI=1S/C67H44N2/c1-3-18-45(19-4-1)47-34-38-49(39-35-47)52-22-9-14-31-62(52)68(63-32-15-10-23-53(63)50-40-36-48(37-41-50)46-20-5-2-6-21-46)51-42-43-65-61(44-51)67(58-28-12-7-24-54(58)55-25-8-13-29-59(55)67)60-30-17-27-57-56-26-11-16-33-64(56)69(65)66(57)60/h1-44H. The number of benzene rings is 11. The fourth-order valence-corrected chi connectivity index (χ4v) is 11.9. The van der Waals surface area contributed by atoms with Crippen molar-refractivity contribution in [3.8, 4) is 61.3 Å². The minimum Gasteiger partial charge on any atom is -0.309 e. The van der Waals surface area contributed by atoms with E-state index in [2.05, 4.69) is 276 Å². The predicted octanol–water partition coefficient (Wildman–Crippen LogP) is 17.6. The molecule has 0 N–H and O–H groups in total. The third kappa shape index (κ3) is 5.86. The Labute approximate surface area is 402 Å². The van der Waals surface area contributed by atoms with Crippen molar-refractivity contribution in [3.05, 3.63) is 289 Å². The molecular weight excluding hydrogens is 833 g/mol. The molecule has 69 heavy (non-hydrogen) atoms. The fraction of sp³-hybridized carbons (Fsp3) is 0.0149. The second-order valence-electron chi connectivity index (χ2n) is 18.4. The maximum atomic E-state index is 2.54. The van der Waals surface area contributed by atoms with Crippen molar-refractivity contribution in [2.75, 3.05) is 4.90 Å². The lowest BCUT2D eigenvalue weighted by Gasteiger charge is -2.40. The first-order chi connectivity index (χ1) is 34.3. The summed E-state index contributed by atoms with van der Waals surface area (Å²) in [6, 6.07) is 98.7. The molecule has 2 heteroatoms. The number of nitrogens with zero attached hydrogens (tertiary/aromatic N) is 2. The van der Waals surface area contributed by atoms with E-state index in [0.717, 1.165) is 39.3 Å². The topological polar surface area (TPSA) is 8.17 Å². The zero-order valence-corrected chi connectivity index (χ0v) is 37.8. The van der Waals surface area contributed by atoms with Crippen LogP contribution in [0.15, 0.2) is 267 Å². The van der Waals surface area contributed by atoms with Gasteiger partial charge < -0.3 is 9.47 Å². The third-order valence-corrected chi connectivity index (χ3v) is 14.8. The molecule has 0 radical (unpaired) electrons. The number of anilines is 3. The van der Waals surface area contributed by atoms with E-state index >= 15 is 0 Å². The van der Waals surface area contributed by atoms with Gasteiger partial charge in [-0.25, -0.2) is 0 Å². The molecule has 1 aliphatic carbocycles. The molecule has 0 saturated heterocycles. The summed E-state index contributed by atoms with van der Waals surface area (Å²) in [6.45, 7) is 0. The second-order valence-corrected chi connectivity index (χ2v) is 18.4. The van der Waals surface area contributed by atoms with Gasteiger partial charge in [-0.2, -0.15) is 0 Å². The van der Waals surface area contributed by atoms with Crippen molar-refractivity contribution in [3.63, 3.8) is 0 Å². The number of para-hydroxylation sites is 4. The maximum absolute atomic E-state index is 2.54. The van der Waals surface area contributed by atoms with E-state index < -0.39 is 5.41 Å². The first kappa shape index (κ1) is 39.2. The zero-order valence-electron chi connectivity index (χ0n) is 37.8. The molecule has 1 spiro atoms. The van der Waals surface area contributed by atoms with Crippen LogP contribution in [0.1, 0.15) is 22.3 Å². The maximum Gasteiger partial charge on any atom is 0.0755 e. The molecule has 322 valence electrons. The van der Waals surface area contributed by atoms with E-state index in [0.29, 0.717) is 0 Å². The van der Waals surface area contributed by atoms with Crippen molar-refractivity contribution in [1.82, 2.24) is 4.57 Å². The van der Waals surface area contributed by atoms with E-state index in [1.165, 1.54) is 83.1 Å². The molecule has 2 nitrogen and oxygen atoms in total. The quantitative estimate of drug-likeness (QED) is 0.155. The molecule has 0 atom stereocenters. The van der Waals surface area contributed by atoms with E-state index in [1.807, 2.05) is 0 Å². The highest BCUT2D eigenvalue weighted by molar-refractivity contribution is 6.13. The Morgan fingerprint density at radius 1 is 0.290 bits per heavy atom. The average molecular weight is 877 g/mol. The van der Waals surface area contributed by atoms with Gasteiger partial charge in [0.15, 0.2) is 0 Å². The summed E-state index contributed by atoms with van der Waals surface area (Å²) in [6.07, 6.45) is 0. The second kappa shape index (κ2) is 15.6. The average Bonchev–Trinajstić information content (AvgIpc) is 3.93. The summed E-state index contributed by atoms with van der Waals surface area (Å²) in [5, 5.41) is 2.54. The zero-order chi connectivity index (χ0) is 45.5. The molecular formula is C67H44N2. The highest BCUT2D eigenvalue weighted by Gasteiger charge is 2.51. The third-order valence-electron chi connectivity index (χ3n) is 14.8. The summed E-state index contributed by atoms with van der Waals surface area (Å²) in [4.78, 5) is 2.52. The highest BCUT2D eigenvalue weighted by Crippen LogP contribution is 2.62. The van der Waals surface area contributed by atoms with E-state index in [1.54, 1.807) is 0 Å². The van der Waals surface area contributed by atoms with Crippen LogP contribution in [0.3, 0.4) is 0 Å². The molecule has 1 aromatic heterocycles. The number of fused-ring (bicyclic) bond motifs is 12. The van der Waals surface area contributed by atoms with E-state index in [4.69, 9.17) is 0 Å². The van der Waals surface area contributed by atoms with Gasteiger partial charge in [-0.05, 0) is 103 Å². The first-order valence-electron chi connectivity index (χ1n) is 23.9. The first-order valence-corrected chi connectivity index (χ1v) is 23.9. The fourth-order valence-electron chi connectivity index (χ4n) is 11.9. The summed E-state index contributed by atoms with van der Waals surface area (Å²) in [7, 11) is 0. The molecule has 14 rings (SSSR count). The summed E-state index contributed by atoms with van der Waals surface area (Å²) in [5.41, 5.74) is 23.6. The van der Waals surface area contributed by atoms with Crippen LogP contribution in [0.5, 0.6) is 0 Å². The van der Waals surface area contributed by atoms with Crippen molar-refractivity contribution < 1.29 is 0 Å². The Balaban J connectivity index is 1.05. The van der Waals surface area contributed by atoms with Crippen molar-refractivity contribution in [2.24, 2.45) is 0 Å². The summed E-state index contributed by atoms with van der Waals surface area (Å²) >= 11 is 0. The predicted molar refractivity (Wildman–Crippen MR) is 288 cm³/mol. The molecule has 2 heterocycles. The molecule has 0 fully saturated rings. The molecule has 1 aliphatic heterocycles. The number of rotatable bonds is 7. The highest BCUT2D eigenvalue weighted by atomic mass is 15.1. The van der Waals surface area contributed by atoms with Crippen LogP contribution < -0.4 is 4.90 Å². The van der Waals surface area contributed by atoms with Gasteiger partial charge in [-0.1, -0.05) is 231 Å². The Hall–Kier alpha value is -8.98. The molecule has 0 amide bonds. The van der Waals surface area contributed by atoms with Gasteiger partial charge in [0.2, 0.25) is 0 Å². The molecule has 0 unspecified atom stereocenters. The van der Waals surface area contributed by atoms with E-state index in [9.17, 15) is 0 Å². The monoisotopic (exact) mass is 876 g/mol. The van der Waals surface area contributed by atoms with Gasteiger partial charge in [0.1, 0.15) is 0 Å². The van der Waals surface area contributed by atoms with Crippen LogP contribution in [0.2, 0.25) is 0 Å². The Morgan fingerprint density at radius 3 is 1.30 bits per heavy atom. The molecule has 2 aliphatic rings. The van der Waals surface area contributed by atoms with Crippen LogP contribution in [-0.4, -0.2) is 4.57 Å². The van der Waals surface area contributed by atoms with Crippen LogP contribution >= 0.6 is 0 Å². The van der Waals surface area contributed by atoms with Crippen molar-refractivity contribution >= 4 is 38.9 Å². The van der Waals surface area contributed by atoms with Crippen LogP contribution in [-0.2, 0) is 5.41 Å². The molecule has 0 saturated carbocycles. The van der Waals surface area contributed by atoms with Gasteiger partial charge in [0, 0.05) is 27.6 Å². The smallest absolute Gasteiger partial charge is 0.0755 e. The Kier molecular flexibility index (Phi) is 8.84. The van der Waals surface area contributed by atoms with Crippen molar-refractivity contribution in [1.29, 1.82) is 0 Å².